The third-order valence-electron chi connectivity index (χ3n) is 1.70. The molecule has 0 amide bonds. The zero-order chi connectivity index (χ0) is 10.6. The Bertz CT molecular complexity index is 323. The minimum atomic E-state index is -0.314. The largest absolute Gasteiger partial charge is 0.461 e. The summed E-state index contributed by atoms with van der Waals surface area (Å²) in [6.45, 7) is 4.22. The van der Waals surface area contributed by atoms with E-state index >= 15 is 0 Å². The molecule has 0 fully saturated rings. The van der Waals surface area contributed by atoms with E-state index in [4.69, 9.17) is 4.74 Å². The molecule has 0 aliphatic heterocycles. The average Bonchev–Trinajstić information content (AvgIpc) is 2.49. The predicted octanol–water partition coefficient (Wildman–Crippen LogP) is 1.71. The summed E-state index contributed by atoms with van der Waals surface area (Å²) in [5, 5.41) is 0.843. The highest BCUT2D eigenvalue weighted by Gasteiger charge is 2.14. The topological polar surface area (TPSA) is 44.1 Å². The fourth-order valence-corrected chi connectivity index (χ4v) is 1.73. The maximum Gasteiger partial charge on any atom is 0.356 e. The Morgan fingerprint density at radius 1 is 1.64 bits per heavy atom. The minimum absolute atomic E-state index is 0.314. The molecule has 1 rings (SSSR count). The molecule has 0 aliphatic carbocycles. The molecule has 0 spiro atoms. The van der Waals surface area contributed by atoms with Crippen LogP contribution in [0.4, 0.5) is 0 Å². The molecule has 0 saturated heterocycles. The van der Waals surface area contributed by atoms with Gasteiger partial charge >= 0.3 is 5.97 Å². The monoisotopic (exact) mass is 214 g/mol. The van der Waals surface area contributed by atoms with Crippen molar-refractivity contribution in [2.45, 2.75) is 19.0 Å². The minimum Gasteiger partial charge on any atom is -0.461 e. The quantitative estimate of drug-likeness (QED) is 0.565. The molecule has 0 aliphatic rings. The van der Waals surface area contributed by atoms with Crippen molar-refractivity contribution in [2.24, 2.45) is 7.05 Å². The molecule has 0 aromatic carbocycles. The van der Waals surface area contributed by atoms with Crippen LogP contribution in [-0.2, 0) is 11.8 Å². The van der Waals surface area contributed by atoms with Gasteiger partial charge in [0.25, 0.3) is 0 Å². The van der Waals surface area contributed by atoms with E-state index in [-0.39, 0.29) is 5.97 Å². The zero-order valence-electron chi connectivity index (χ0n) is 8.61. The number of carbonyl (C=O) groups is 1. The number of rotatable bonds is 4. The number of aromatic nitrogens is 2. The van der Waals surface area contributed by atoms with E-state index in [1.165, 1.54) is 0 Å². The normalized spacial score (nSPS) is 10.2. The van der Waals surface area contributed by atoms with Crippen molar-refractivity contribution in [1.82, 2.24) is 9.55 Å². The van der Waals surface area contributed by atoms with Crippen molar-refractivity contribution in [3.8, 4) is 0 Å². The van der Waals surface area contributed by atoms with Crippen LogP contribution < -0.4 is 0 Å². The van der Waals surface area contributed by atoms with E-state index in [0.29, 0.717) is 12.3 Å². The molecule has 0 N–H and O–H groups in total. The number of thioether (sulfide) groups is 1. The number of hydrogen-bond acceptors (Lipinski definition) is 4. The van der Waals surface area contributed by atoms with Gasteiger partial charge < -0.3 is 9.30 Å². The fraction of sp³-hybridized carbons (Fsp3) is 0.556. The highest BCUT2D eigenvalue weighted by Crippen LogP contribution is 2.16. The molecule has 1 heterocycles. The van der Waals surface area contributed by atoms with Crippen LogP contribution in [0, 0.1) is 0 Å². The Kier molecular flexibility index (Phi) is 4.00. The maximum absolute atomic E-state index is 11.4. The summed E-state index contributed by atoms with van der Waals surface area (Å²) in [6.07, 6.45) is 1.55. The Balaban J connectivity index is 2.83. The van der Waals surface area contributed by atoms with E-state index in [9.17, 15) is 4.79 Å². The van der Waals surface area contributed by atoms with Gasteiger partial charge in [-0.25, -0.2) is 9.78 Å². The van der Waals surface area contributed by atoms with Gasteiger partial charge in [0.15, 0.2) is 5.16 Å². The predicted molar refractivity (Wildman–Crippen MR) is 55.6 cm³/mol. The molecule has 0 saturated carbocycles. The fourth-order valence-electron chi connectivity index (χ4n) is 1.05. The average molecular weight is 214 g/mol. The summed E-state index contributed by atoms with van der Waals surface area (Å²) in [6, 6.07) is 0. The van der Waals surface area contributed by atoms with Crippen LogP contribution in [0.5, 0.6) is 0 Å². The van der Waals surface area contributed by atoms with Gasteiger partial charge in [0.05, 0.1) is 12.8 Å². The van der Waals surface area contributed by atoms with Crippen LogP contribution in [0.25, 0.3) is 0 Å². The van der Waals surface area contributed by atoms with E-state index in [1.54, 1.807) is 29.4 Å². The molecule has 0 unspecified atom stereocenters. The van der Waals surface area contributed by atoms with Crippen molar-refractivity contribution in [3.05, 3.63) is 11.9 Å². The Labute approximate surface area is 87.7 Å². The molecule has 0 bridgehead atoms. The molecule has 5 heteroatoms. The lowest BCUT2D eigenvalue weighted by molar-refractivity contribution is 0.0514. The molecule has 78 valence electrons. The zero-order valence-corrected chi connectivity index (χ0v) is 9.43. The molecule has 0 radical (unpaired) electrons. The molecule has 14 heavy (non-hydrogen) atoms. The standard InChI is InChI=1S/C9H14N2O2S/c1-4-13-8(12)7-6-10-9(11(7)3)14-5-2/h6H,4-5H2,1-3H3. The van der Waals surface area contributed by atoms with Gasteiger partial charge in [0.1, 0.15) is 5.69 Å². The van der Waals surface area contributed by atoms with Crippen molar-refractivity contribution in [3.63, 3.8) is 0 Å². The van der Waals surface area contributed by atoms with Crippen LogP contribution in [0.1, 0.15) is 24.3 Å². The molecule has 4 nitrogen and oxygen atoms in total. The highest BCUT2D eigenvalue weighted by molar-refractivity contribution is 7.99. The van der Waals surface area contributed by atoms with Gasteiger partial charge in [0.2, 0.25) is 0 Å². The third kappa shape index (κ3) is 2.29. The number of hydrogen-bond donors (Lipinski definition) is 0. The first-order valence-electron chi connectivity index (χ1n) is 4.52. The summed E-state index contributed by atoms with van der Waals surface area (Å²) in [4.78, 5) is 15.5. The highest BCUT2D eigenvalue weighted by atomic mass is 32.2. The molecular weight excluding hydrogens is 200 g/mol. The van der Waals surface area contributed by atoms with Gasteiger partial charge in [-0.3, -0.25) is 0 Å². The lowest BCUT2D eigenvalue weighted by Crippen LogP contribution is -2.10. The summed E-state index contributed by atoms with van der Waals surface area (Å²) in [7, 11) is 1.82. The van der Waals surface area contributed by atoms with Gasteiger partial charge in [-0.1, -0.05) is 18.7 Å². The lowest BCUT2D eigenvalue weighted by Gasteiger charge is -2.03. The third-order valence-corrected chi connectivity index (χ3v) is 2.63. The van der Waals surface area contributed by atoms with Gasteiger partial charge in [-0.05, 0) is 12.7 Å². The van der Waals surface area contributed by atoms with Crippen LogP contribution in [0.15, 0.2) is 11.4 Å². The second-order valence-corrected chi connectivity index (χ2v) is 3.87. The first-order chi connectivity index (χ1) is 6.70. The number of imidazole rings is 1. The van der Waals surface area contributed by atoms with Crippen LogP contribution in [0.3, 0.4) is 0 Å². The van der Waals surface area contributed by atoms with E-state index < -0.39 is 0 Å². The van der Waals surface area contributed by atoms with Crippen molar-refractivity contribution < 1.29 is 9.53 Å². The van der Waals surface area contributed by atoms with Crippen molar-refractivity contribution >= 4 is 17.7 Å². The first kappa shape index (κ1) is 11.1. The van der Waals surface area contributed by atoms with Crippen LogP contribution >= 0.6 is 11.8 Å². The van der Waals surface area contributed by atoms with Gasteiger partial charge in [-0.2, -0.15) is 0 Å². The van der Waals surface area contributed by atoms with E-state index in [2.05, 4.69) is 4.98 Å². The van der Waals surface area contributed by atoms with Gasteiger partial charge in [-0.15, -0.1) is 0 Å². The SMILES string of the molecule is CCOC(=O)c1cnc(SCC)n1C. The van der Waals surface area contributed by atoms with Crippen LogP contribution in [-0.4, -0.2) is 27.9 Å². The molecule has 1 aromatic rings. The molecule has 0 atom stereocenters. The number of nitrogens with zero attached hydrogens (tertiary/aromatic N) is 2. The Morgan fingerprint density at radius 2 is 2.36 bits per heavy atom. The molecule has 1 aromatic heterocycles. The second-order valence-electron chi connectivity index (χ2n) is 2.64. The lowest BCUT2D eigenvalue weighted by atomic mass is 10.5. The van der Waals surface area contributed by atoms with Gasteiger partial charge in [0, 0.05) is 7.05 Å². The van der Waals surface area contributed by atoms with Crippen molar-refractivity contribution in [2.75, 3.05) is 12.4 Å². The summed E-state index contributed by atoms with van der Waals surface area (Å²) in [5.74, 6) is 0.623. The summed E-state index contributed by atoms with van der Waals surface area (Å²) < 4.78 is 6.65. The number of esters is 1. The first-order valence-corrected chi connectivity index (χ1v) is 5.50. The van der Waals surface area contributed by atoms with E-state index in [1.807, 2.05) is 14.0 Å². The molecular formula is C9H14N2O2S. The maximum atomic E-state index is 11.4. The smallest absolute Gasteiger partial charge is 0.356 e. The van der Waals surface area contributed by atoms with E-state index in [0.717, 1.165) is 10.9 Å². The number of carbonyl (C=O) groups excluding carboxylic acids is 1. The summed E-state index contributed by atoms with van der Waals surface area (Å²) in [5.41, 5.74) is 0.503. The second kappa shape index (κ2) is 5.05. The number of ether oxygens (including phenoxy) is 1. The van der Waals surface area contributed by atoms with Crippen LogP contribution in [0.2, 0.25) is 0 Å². The van der Waals surface area contributed by atoms with Crippen molar-refractivity contribution in [1.29, 1.82) is 0 Å². The Hall–Kier alpha value is -0.970. The summed E-state index contributed by atoms with van der Waals surface area (Å²) >= 11 is 1.60. The Morgan fingerprint density at radius 3 is 2.93 bits per heavy atom.